The standard InChI is InChI=1S/C15H34N2O4/c1-4-7-8-17(9-10-18)12-14(20)15(21)13(19)11-16(5-2)6-3/h13-15,18-21H,4-12H2,1-3H3. The minimum atomic E-state index is -1.17. The minimum Gasteiger partial charge on any atom is -0.395 e. The summed E-state index contributed by atoms with van der Waals surface area (Å²) in [6, 6.07) is 0. The van der Waals surface area contributed by atoms with E-state index in [1.807, 2.05) is 23.6 Å². The van der Waals surface area contributed by atoms with E-state index in [-0.39, 0.29) is 13.2 Å². The molecule has 0 spiro atoms. The Balaban J connectivity index is 4.34. The fourth-order valence-electron chi connectivity index (χ4n) is 2.30. The van der Waals surface area contributed by atoms with Crippen molar-refractivity contribution >= 4 is 0 Å². The van der Waals surface area contributed by atoms with Crippen molar-refractivity contribution in [3.05, 3.63) is 0 Å². The lowest BCUT2D eigenvalue weighted by Gasteiger charge is -2.30. The Bertz CT molecular complexity index is 240. The van der Waals surface area contributed by atoms with Crippen LogP contribution >= 0.6 is 0 Å². The maximum absolute atomic E-state index is 10.1. The summed E-state index contributed by atoms with van der Waals surface area (Å²) in [6.45, 7) is 9.53. The summed E-state index contributed by atoms with van der Waals surface area (Å²) in [5, 5.41) is 39.2. The lowest BCUT2D eigenvalue weighted by atomic mass is 10.1. The van der Waals surface area contributed by atoms with Crippen molar-refractivity contribution < 1.29 is 20.4 Å². The highest BCUT2D eigenvalue weighted by atomic mass is 16.4. The number of hydrogen-bond donors (Lipinski definition) is 4. The molecule has 0 radical (unpaired) electrons. The Morgan fingerprint density at radius 2 is 1.33 bits per heavy atom. The topological polar surface area (TPSA) is 87.4 Å². The van der Waals surface area contributed by atoms with E-state index < -0.39 is 18.3 Å². The Kier molecular flexibility index (Phi) is 12.2. The number of aliphatic hydroxyl groups excluding tert-OH is 4. The van der Waals surface area contributed by atoms with Crippen LogP contribution in [-0.4, -0.2) is 94.4 Å². The van der Waals surface area contributed by atoms with Gasteiger partial charge in [-0.2, -0.15) is 0 Å². The van der Waals surface area contributed by atoms with Crippen molar-refractivity contribution in [1.82, 2.24) is 9.80 Å². The number of likely N-dealkylation sites (N-methyl/N-ethyl adjacent to an activating group) is 1. The summed E-state index contributed by atoms with van der Waals surface area (Å²) in [4.78, 5) is 3.92. The van der Waals surface area contributed by atoms with Gasteiger partial charge in [0.2, 0.25) is 0 Å². The Labute approximate surface area is 129 Å². The van der Waals surface area contributed by atoms with Crippen LogP contribution in [0.2, 0.25) is 0 Å². The van der Waals surface area contributed by atoms with Crippen molar-refractivity contribution in [2.45, 2.75) is 51.9 Å². The fourth-order valence-corrected chi connectivity index (χ4v) is 2.30. The normalized spacial score (nSPS) is 16.4. The summed E-state index contributed by atoms with van der Waals surface area (Å²) in [6.07, 6.45) is -1.15. The molecule has 0 saturated heterocycles. The van der Waals surface area contributed by atoms with Crippen LogP contribution in [0, 0.1) is 0 Å². The van der Waals surface area contributed by atoms with Gasteiger partial charge in [0.25, 0.3) is 0 Å². The van der Waals surface area contributed by atoms with Crippen LogP contribution in [0.1, 0.15) is 33.6 Å². The van der Waals surface area contributed by atoms with Crippen molar-refractivity contribution in [3.8, 4) is 0 Å². The first kappa shape index (κ1) is 20.8. The van der Waals surface area contributed by atoms with Gasteiger partial charge in [-0.15, -0.1) is 0 Å². The lowest BCUT2D eigenvalue weighted by Crippen LogP contribution is -2.49. The van der Waals surface area contributed by atoms with Crippen molar-refractivity contribution in [1.29, 1.82) is 0 Å². The van der Waals surface area contributed by atoms with Gasteiger partial charge >= 0.3 is 0 Å². The quantitative estimate of drug-likeness (QED) is 0.367. The molecular formula is C15H34N2O4. The van der Waals surface area contributed by atoms with Crippen LogP contribution in [0.15, 0.2) is 0 Å². The van der Waals surface area contributed by atoms with Crippen LogP contribution in [0.25, 0.3) is 0 Å². The molecule has 0 aliphatic heterocycles. The van der Waals surface area contributed by atoms with Gasteiger partial charge in [0.05, 0.1) is 18.8 Å². The molecular weight excluding hydrogens is 272 g/mol. The maximum Gasteiger partial charge on any atom is 0.108 e. The Morgan fingerprint density at radius 1 is 0.810 bits per heavy atom. The van der Waals surface area contributed by atoms with Crippen molar-refractivity contribution in [2.24, 2.45) is 0 Å². The molecule has 0 amide bonds. The highest BCUT2D eigenvalue weighted by Gasteiger charge is 2.27. The summed E-state index contributed by atoms with van der Waals surface area (Å²) < 4.78 is 0. The third-order valence-corrected chi connectivity index (χ3v) is 3.82. The third-order valence-electron chi connectivity index (χ3n) is 3.82. The van der Waals surface area contributed by atoms with Gasteiger partial charge < -0.3 is 25.3 Å². The van der Waals surface area contributed by atoms with Crippen LogP contribution in [-0.2, 0) is 0 Å². The van der Waals surface area contributed by atoms with Crippen LogP contribution in [0.4, 0.5) is 0 Å². The molecule has 0 aromatic heterocycles. The number of nitrogens with zero attached hydrogens (tertiary/aromatic N) is 2. The number of hydrogen-bond acceptors (Lipinski definition) is 6. The first-order valence-electron chi connectivity index (χ1n) is 8.09. The largest absolute Gasteiger partial charge is 0.395 e. The second-order valence-electron chi connectivity index (χ2n) is 5.49. The molecule has 128 valence electrons. The predicted molar refractivity (Wildman–Crippen MR) is 84.2 cm³/mol. The van der Waals surface area contributed by atoms with Crippen LogP contribution in [0.5, 0.6) is 0 Å². The van der Waals surface area contributed by atoms with E-state index in [0.717, 1.165) is 32.5 Å². The molecule has 21 heavy (non-hydrogen) atoms. The number of rotatable bonds is 13. The number of aliphatic hydroxyl groups is 4. The van der Waals surface area contributed by atoms with Gasteiger partial charge in [-0.1, -0.05) is 27.2 Å². The molecule has 0 fully saturated rings. The predicted octanol–water partition coefficient (Wildman–Crippen LogP) is -0.495. The fraction of sp³-hybridized carbons (Fsp3) is 1.00. The van der Waals surface area contributed by atoms with E-state index in [0.29, 0.717) is 13.1 Å². The SMILES string of the molecule is CCCCN(CCO)CC(O)C(O)C(O)CN(CC)CC. The molecule has 0 aliphatic carbocycles. The first-order valence-corrected chi connectivity index (χ1v) is 8.09. The van der Waals surface area contributed by atoms with E-state index >= 15 is 0 Å². The molecule has 6 heteroatoms. The third kappa shape index (κ3) is 8.70. The highest BCUT2D eigenvalue weighted by molar-refractivity contribution is 4.80. The summed E-state index contributed by atoms with van der Waals surface area (Å²) in [5.74, 6) is 0. The molecule has 3 atom stereocenters. The number of unbranched alkanes of at least 4 members (excludes halogenated alkanes) is 1. The van der Waals surface area contributed by atoms with Crippen molar-refractivity contribution in [3.63, 3.8) is 0 Å². The summed E-state index contributed by atoms with van der Waals surface area (Å²) in [7, 11) is 0. The van der Waals surface area contributed by atoms with Gasteiger partial charge in [0, 0.05) is 19.6 Å². The van der Waals surface area contributed by atoms with E-state index in [1.165, 1.54) is 0 Å². The lowest BCUT2D eigenvalue weighted by molar-refractivity contribution is -0.0777. The summed E-state index contributed by atoms with van der Waals surface area (Å²) >= 11 is 0. The Morgan fingerprint density at radius 3 is 1.76 bits per heavy atom. The van der Waals surface area contributed by atoms with Gasteiger partial charge in [0.1, 0.15) is 6.10 Å². The minimum absolute atomic E-state index is 0.0224. The zero-order chi connectivity index (χ0) is 16.3. The van der Waals surface area contributed by atoms with E-state index in [1.54, 1.807) is 0 Å². The molecule has 0 bridgehead atoms. The van der Waals surface area contributed by atoms with Gasteiger partial charge in [0.15, 0.2) is 0 Å². The zero-order valence-electron chi connectivity index (χ0n) is 13.8. The van der Waals surface area contributed by atoms with Gasteiger partial charge in [-0.3, -0.25) is 4.90 Å². The molecule has 4 N–H and O–H groups in total. The van der Waals surface area contributed by atoms with Crippen LogP contribution < -0.4 is 0 Å². The maximum atomic E-state index is 10.1. The Hall–Kier alpha value is -0.240. The highest BCUT2D eigenvalue weighted by Crippen LogP contribution is 2.06. The average molecular weight is 306 g/mol. The van der Waals surface area contributed by atoms with Gasteiger partial charge in [-0.05, 0) is 26.1 Å². The van der Waals surface area contributed by atoms with Gasteiger partial charge in [-0.25, -0.2) is 0 Å². The van der Waals surface area contributed by atoms with Crippen molar-refractivity contribution in [2.75, 3.05) is 45.9 Å². The molecule has 0 aromatic rings. The average Bonchev–Trinajstić information content (AvgIpc) is 2.49. The molecule has 3 unspecified atom stereocenters. The van der Waals surface area contributed by atoms with E-state index in [9.17, 15) is 15.3 Å². The van der Waals surface area contributed by atoms with Crippen LogP contribution in [0.3, 0.4) is 0 Å². The molecule has 0 rings (SSSR count). The molecule has 0 aromatic carbocycles. The summed E-state index contributed by atoms with van der Waals surface area (Å²) in [5.41, 5.74) is 0. The molecule has 6 nitrogen and oxygen atoms in total. The van der Waals surface area contributed by atoms with E-state index in [2.05, 4.69) is 6.92 Å². The molecule has 0 heterocycles. The second-order valence-corrected chi connectivity index (χ2v) is 5.49. The second kappa shape index (κ2) is 12.3. The molecule has 0 aliphatic rings. The smallest absolute Gasteiger partial charge is 0.108 e. The monoisotopic (exact) mass is 306 g/mol. The van der Waals surface area contributed by atoms with E-state index in [4.69, 9.17) is 5.11 Å². The zero-order valence-corrected chi connectivity index (χ0v) is 13.8. The molecule has 0 saturated carbocycles. The first-order chi connectivity index (χ1) is 9.99.